The second-order valence-corrected chi connectivity index (χ2v) is 6.86. The third-order valence-corrected chi connectivity index (χ3v) is 4.59. The molecule has 0 aromatic carbocycles. The van der Waals surface area contributed by atoms with E-state index in [1.807, 2.05) is 13.8 Å². The SMILES string of the molecule is CNC(=O)[C@H]1CC(O)CN1C(=O)C(C(C)C)n1cc(-c2ncccn2)nn1. The molecule has 1 aliphatic heterocycles. The van der Waals surface area contributed by atoms with Gasteiger partial charge in [-0.3, -0.25) is 9.59 Å². The Morgan fingerprint density at radius 3 is 2.63 bits per heavy atom. The lowest BCUT2D eigenvalue weighted by Crippen LogP contribution is -2.48. The number of nitrogens with zero attached hydrogens (tertiary/aromatic N) is 6. The number of hydrogen-bond donors (Lipinski definition) is 2. The fourth-order valence-electron chi connectivity index (χ4n) is 3.29. The molecule has 2 aromatic rings. The van der Waals surface area contributed by atoms with Gasteiger partial charge in [-0.25, -0.2) is 14.6 Å². The van der Waals surface area contributed by atoms with Crippen LogP contribution in [0.1, 0.15) is 26.3 Å². The van der Waals surface area contributed by atoms with Gasteiger partial charge >= 0.3 is 0 Å². The second-order valence-electron chi connectivity index (χ2n) is 6.86. The Hall–Kier alpha value is -2.88. The van der Waals surface area contributed by atoms with Crippen LogP contribution in [0, 0.1) is 5.92 Å². The number of amides is 2. The van der Waals surface area contributed by atoms with E-state index >= 15 is 0 Å². The molecule has 10 heteroatoms. The van der Waals surface area contributed by atoms with Crippen molar-refractivity contribution in [1.82, 2.24) is 35.2 Å². The zero-order valence-electron chi connectivity index (χ0n) is 15.5. The highest BCUT2D eigenvalue weighted by atomic mass is 16.3. The lowest BCUT2D eigenvalue weighted by atomic mass is 10.0. The van der Waals surface area contributed by atoms with E-state index in [1.54, 1.807) is 24.7 Å². The normalized spacial score (nSPS) is 20.7. The molecule has 0 aliphatic carbocycles. The van der Waals surface area contributed by atoms with Gasteiger partial charge in [-0.15, -0.1) is 5.10 Å². The van der Waals surface area contributed by atoms with Crippen molar-refractivity contribution < 1.29 is 14.7 Å². The molecular formula is C17H23N7O3. The molecular weight excluding hydrogens is 350 g/mol. The first kappa shape index (κ1) is 18.9. The number of carbonyl (C=O) groups excluding carboxylic acids is 2. The van der Waals surface area contributed by atoms with E-state index in [2.05, 4.69) is 25.6 Å². The zero-order valence-corrected chi connectivity index (χ0v) is 15.5. The molecule has 1 saturated heterocycles. The number of aliphatic hydroxyl groups is 1. The number of likely N-dealkylation sites (tertiary alicyclic amines) is 1. The first-order valence-corrected chi connectivity index (χ1v) is 8.81. The molecule has 10 nitrogen and oxygen atoms in total. The Morgan fingerprint density at radius 2 is 2.00 bits per heavy atom. The molecule has 0 spiro atoms. The van der Waals surface area contributed by atoms with Gasteiger partial charge < -0.3 is 15.3 Å². The highest BCUT2D eigenvalue weighted by molar-refractivity contribution is 5.89. The number of likely N-dealkylation sites (N-methyl/N-ethyl adjacent to an activating group) is 1. The van der Waals surface area contributed by atoms with Crippen molar-refractivity contribution in [3.63, 3.8) is 0 Å². The van der Waals surface area contributed by atoms with Gasteiger partial charge in [-0.1, -0.05) is 19.1 Å². The van der Waals surface area contributed by atoms with Crippen molar-refractivity contribution in [2.45, 2.75) is 38.5 Å². The van der Waals surface area contributed by atoms with E-state index in [0.717, 1.165) is 0 Å². The Kier molecular flexibility index (Phi) is 5.45. The summed E-state index contributed by atoms with van der Waals surface area (Å²) in [4.78, 5) is 35.0. The molecule has 0 saturated carbocycles. The molecule has 0 radical (unpaired) electrons. The van der Waals surface area contributed by atoms with E-state index in [1.165, 1.54) is 16.6 Å². The number of hydrogen-bond acceptors (Lipinski definition) is 7. The summed E-state index contributed by atoms with van der Waals surface area (Å²) in [5, 5.41) is 20.7. The second kappa shape index (κ2) is 7.78. The smallest absolute Gasteiger partial charge is 0.248 e. The van der Waals surface area contributed by atoms with Crippen LogP contribution in [-0.2, 0) is 9.59 Å². The first-order valence-electron chi connectivity index (χ1n) is 8.81. The van der Waals surface area contributed by atoms with E-state index in [-0.39, 0.29) is 30.7 Å². The minimum absolute atomic E-state index is 0.105. The van der Waals surface area contributed by atoms with Crippen LogP contribution in [0.15, 0.2) is 24.7 Å². The molecule has 27 heavy (non-hydrogen) atoms. The number of aromatic nitrogens is 5. The molecule has 2 N–H and O–H groups in total. The third kappa shape index (κ3) is 3.80. The van der Waals surface area contributed by atoms with Crippen LogP contribution >= 0.6 is 0 Å². The Balaban J connectivity index is 1.88. The van der Waals surface area contributed by atoms with Crippen molar-refractivity contribution in [2.24, 2.45) is 5.92 Å². The van der Waals surface area contributed by atoms with Crippen LogP contribution in [0.25, 0.3) is 11.5 Å². The van der Waals surface area contributed by atoms with Crippen molar-refractivity contribution in [1.29, 1.82) is 0 Å². The third-order valence-electron chi connectivity index (χ3n) is 4.59. The van der Waals surface area contributed by atoms with Crippen LogP contribution in [0.2, 0.25) is 0 Å². The zero-order chi connectivity index (χ0) is 19.6. The van der Waals surface area contributed by atoms with Crippen LogP contribution < -0.4 is 5.32 Å². The molecule has 3 heterocycles. The van der Waals surface area contributed by atoms with Crippen molar-refractivity contribution in [3.8, 4) is 11.5 Å². The van der Waals surface area contributed by atoms with Gasteiger partial charge in [0.15, 0.2) is 5.82 Å². The van der Waals surface area contributed by atoms with E-state index < -0.39 is 18.2 Å². The van der Waals surface area contributed by atoms with Crippen molar-refractivity contribution in [3.05, 3.63) is 24.7 Å². The molecule has 0 bridgehead atoms. The predicted molar refractivity (Wildman–Crippen MR) is 95.1 cm³/mol. The highest BCUT2D eigenvalue weighted by Gasteiger charge is 2.42. The summed E-state index contributed by atoms with van der Waals surface area (Å²) in [5.41, 5.74) is 0.457. The molecule has 1 fully saturated rings. The summed E-state index contributed by atoms with van der Waals surface area (Å²) in [6.07, 6.45) is 4.32. The maximum absolute atomic E-state index is 13.2. The summed E-state index contributed by atoms with van der Waals surface area (Å²) in [6.45, 7) is 3.90. The minimum Gasteiger partial charge on any atom is -0.391 e. The Bertz CT molecular complexity index is 808. The van der Waals surface area contributed by atoms with Crippen molar-refractivity contribution >= 4 is 11.8 Å². The molecule has 1 aliphatic rings. The maximum Gasteiger partial charge on any atom is 0.248 e. The van der Waals surface area contributed by atoms with Gasteiger partial charge in [-0.2, -0.15) is 0 Å². The Morgan fingerprint density at radius 1 is 1.30 bits per heavy atom. The van der Waals surface area contributed by atoms with E-state index in [9.17, 15) is 14.7 Å². The summed E-state index contributed by atoms with van der Waals surface area (Å²) in [6, 6.07) is 0.345. The maximum atomic E-state index is 13.2. The lowest BCUT2D eigenvalue weighted by Gasteiger charge is -2.29. The van der Waals surface area contributed by atoms with Gasteiger partial charge in [-0.05, 0) is 12.0 Å². The monoisotopic (exact) mass is 373 g/mol. The van der Waals surface area contributed by atoms with Crippen molar-refractivity contribution in [2.75, 3.05) is 13.6 Å². The highest BCUT2D eigenvalue weighted by Crippen LogP contribution is 2.27. The van der Waals surface area contributed by atoms with Crippen LogP contribution in [0.4, 0.5) is 0 Å². The standard InChI is InChI=1S/C17H23N7O3/c1-10(2)14(17(27)23-8-11(25)7-13(23)16(26)18-3)24-9-12(21-22-24)15-19-5-4-6-20-15/h4-6,9-11,13-14,25H,7-8H2,1-3H3,(H,18,26)/t11?,13-,14?/m1/s1. The van der Waals surface area contributed by atoms with Gasteiger partial charge in [0.25, 0.3) is 0 Å². The minimum atomic E-state index is -0.729. The average Bonchev–Trinajstić information content (AvgIpc) is 3.28. The number of β-amino-alcohol motifs (C(OH)–C–C–N with tert-alkyl or cyclic N) is 1. The number of nitrogens with one attached hydrogen (secondary N) is 1. The fraction of sp³-hybridized carbons (Fsp3) is 0.529. The number of rotatable bonds is 5. The van der Waals surface area contributed by atoms with Crippen LogP contribution in [0.5, 0.6) is 0 Å². The van der Waals surface area contributed by atoms with Gasteiger partial charge in [0.2, 0.25) is 11.8 Å². The number of carbonyl (C=O) groups is 2. The quantitative estimate of drug-likeness (QED) is 0.733. The predicted octanol–water partition coefficient (Wildman–Crippen LogP) is -0.360. The van der Waals surface area contributed by atoms with E-state index in [4.69, 9.17) is 0 Å². The summed E-state index contributed by atoms with van der Waals surface area (Å²) in [5.74, 6) is -0.259. The molecule has 2 unspecified atom stereocenters. The topological polar surface area (TPSA) is 126 Å². The first-order chi connectivity index (χ1) is 12.9. The van der Waals surface area contributed by atoms with Gasteiger partial charge in [0.1, 0.15) is 17.8 Å². The average molecular weight is 373 g/mol. The summed E-state index contributed by atoms with van der Waals surface area (Å²) in [7, 11) is 1.51. The van der Waals surface area contributed by atoms with Gasteiger partial charge in [0, 0.05) is 32.4 Å². The largest absolute Gasteiger partial charge is 0.391 e. The molecule has 3 rings (SSSR count). The molecule has 2 amide bonds. The molecule has 144 valence electrons. The molecule has 3 atom stereocenters. The fourth-order valence-corrected chi connectivity index (χ4v) is 3.29. The van der Waals surface area contributed by atoms with E-state index in [0.29, 0.717) is 11.5 Å². The lowest BCUT2D eigenvalue weighted by molar-refractivity contribution is -0.142. The van der Waals surface area contributed by atoms with Crippen LogP contribution in [0.3, 0.4) is 0 Å². The summed E-state index contributed by atoms with van der Waals surface area (Å²) >= 11 is 0. The number of aliphatic hydroxyl groups excluding tert-OH is 1. The summed E-state index contributed by atoms with van der Waals surface area (Å²) < 4.78 is 1.48. The Labute approximate surface area is 156 Å². The molecule has 2 aromatic heterocycles. The van der Waals surface area contributed by atoms with Gasteiger partial charge in [0.05, 0.1) is 12.3 Å². The van der Waals surface area contributed by atoms with Crippen LogP contribution in [-0.4, -0.2) is 72.5 Å².